The Labute approximate surface area is 106 Å². The minimum Gasteiger partial charge on any atom is -0.313 e. The van der Waals surface area contributed by atoms with Crippen molar-refractivity contribution < 1.29 is 14.4 Å². The Morgan fingerprint density at radius 2 is 2.24 bits per heavy atom. The first kappa shape index (κ1) is 12.2. The molecule has 1 saturated heterocycles. The van der Waals surface area contributed by atoms with Gasteiger partial charge in [0.25, 0.3) is 0 Å². The van der Waals surface area contributed by atoms with Crippen molar-refractivity contribution in [2.24, 2.45) is 5.10 Å². The quantitative estimate of drug-likeness (QED) is 0.619. The Bertz CT molecular complexity index is 438. The number of rotatable bonds is 0. The molecule has 2 aliphatic rings. The SMILES string of the molecule is CC(=O)NC1=NN(C(C)=O)C2(NC(=O)CS2)S1. The Balaban J connectivity index is 2.23. The minimum atomic E-state index is -0.944. The molecule has 2 heterocycles. The lowest BCUT2D eigenvalue weighted by Crippen LogP contribution is -2.49. The van der Waals surface area contributed by atoms with E-state index in [0.29, 0.717) is 5.17 Å². The zero-order valence-corrected chi connectivity index (χ0v) is 10.8. The second-order valence-electron chi connectivity index (χ2n) is 3.44. The highest BCUT2D eigenvalue weighted by Gasteiger charge is 2.52. The van der Waals surface area contributed by atoms with E-state index in [-0.39, 0.29) is 23.5 Å². The van der Waals surface area contributed by atoms with E-state index in [1.165, 1.54) is 30.6 Å². The molecule has 3 amide bonds. The number of amides is 3. The van der Waals surface area contributed by atoms with Crippen LogP contribution < -0.4 is 10.6 Å². The van der Waals surface area contributed by atoms with E-state index >= 15 is 0 Å². The molecular weight excluding hydrogens is 264 g/mol. The molecule has 1 spiro atoms. The van der Waals surface area contributed by atoms with E-state index in [9.17, 15) is 14.4 Å². The topological polar surface area (TPSA) is 90.9 Å². The average molecular weight is 274 g/mol. The predicted octanol–water partition coefficient (Wildman–Crippen LogP) is -0.537. The molecule has 0 aromatic carbocycles. The van der Waals surface area contributed by atoms with Crippen molar-refractivity contribution in [1.29, 1.82) is 0 Å². The van der Waals surface area contributed by atoms with Crippen LogP contribution >= 0.6 is 23.5 Å². The zero-order chi connectivity index (χ0) is 12.6. The molecule has 1 atom stereocenters. The van der Waals surface area contributed by atoms with Gasteiger partial charge in [-0.05, 0) is 11.8 Å². The highest BCUT2D eigenvalue weighted by atomic mass is 32.2. The summed E-state index contributed by atoms with van der Waals surface area (Å²) < 4.78 is -0.944. The fourth-order valence-electron chi connectivity index (χ4n) is 1.41. The summed E-state index contributed by atoms with van der Waals surface area (Å²) in [5.41, 5.74) is 0. The summed E-state index contributed by atoms with van der Waals surface area (Å²) in [4.78, 5) is 33.7. The van der Waals surface area contributed by atoms with Gasteiger partial charge in [0.2, 0.25) is 22.0 Å². The third kappa shape index (κ3) is 2.25. The van der Waals surface area contributed by atoms with Gasteiger partial charge in [0, 0.05) is 13.8 Å². The maximum absolute atomic E-state index is 11.5. The molecule has 2 rings (SSSR count). The van der Waals surface area contributed by atoms with Crippen molar-refractivity contribution >= 4 is 46.4 Å². The van der Waals surface area contributed by atoms with Gasteiger partial charge in [-0.25, -0.2) is 0 Å². The van der Waals surface area contributed by atoms with Gasteiger partial charge >= 0.3 is 0 Å². The van der Waals surface area contributed by atoms with Crippen LogP contribution in [0.5, 0.6) is 0 Å². The molecule has 2 aliphatic heterocycles. The molecule has 0 bridgehead atoms. The minimum absolute atomic E-state index is 0.159. The van der Waals surface area contributed by atoms with Gasteiger partial charge in [-0.3, -0.25) is 14.4 Å². The Morgan fingerprint density at radius 3 is 2.71 bits per heavy atom. The Morgan fingerprint density at radius 1 is 1.53 bits per heavy atom. The number of carbonyl (C=O) groups excluding carboxylic acids is 3. The lowest BCUT2D eigenvalue weighted by atomic mass is 10.6. The molecule has 0 aromatic rings. The van der Waals surface area contributed by atoms with Crippen molar-refractivity contribution in [3.63, 3.8) is 0 Å². The first-order valence-corrected chi connectivity index (χ1v) is 6.54. The van der Waals surface area contributed by atoms with E-state index in [4.69, 9.17) is 0 Å². The number of thioether (sulfide) groups is 2. The van der Waals surface area contributed by atoms with E-state index in [2.05, 4.69) is 15.7 Å². The van der Waals surface area contributed by atoms with Crippen molar-refractivity contribution in [2.75, 3.05) is 5.75 Å². The van der Waals surface area contributed by atoms with Gasteiger partial charge in [-0.1, -0.05) is 11.8 Å². The van der Waals surface area contributed by atoms with Crippen LogP contribution in [-0.2, 0) is 14.4 Å². The van der Waals surface area contributed by atoms with Crippen molar-refractivity contribution in [3.8, 4) is 0 Å². The van der Waals surface area contributed by atoms with Gasteiger partial charge < -0.3 is 10.6 Å². The summed E-state index contributed by atoms with van der Waals surface area (Å²) in [6, 6.07) is 0. The lowest BCUT2D eigenvalue weighted by Gasteiger charge is -2.28. The van der Waals surface area contributed by atoms with E-state index in [0.717, 1.165) is 11.8 Å². The number of carbonyl (C=O) groups is 3. The first-order chi connectivity index (χ1) is 7.93. The van der Waals surface area contributed by atoms with Gasteiger partial charge in [0.15, 0.2) is 5.17 Å². The smallest absolute Gasteiger partial charge is 0.243 e. The van der Waals surface area contributed by atoms with Crippen LogP contribution in [0.25, 0.3) is 0 Å². The molecule has 0 aromatic heterocycles. The molecule has 0 radical (unpaired) electrons. The van der Waals surface area contributed by atoms with Crippen LogP contribution in [0.15, 0.2) is 5.10 Å². The highest BCUT2D eigenvalue weighted by molar-refractivity contribution is 8.26. The van der Waals surface area contributed by atoms with Gasteiger partial charge in [0.05, 0.1) is 5.75 Å². The van der Waals surface area contributed by atoms with Crippen molar-refractivity contribution in [2.45, 2.75) is 18.2 Å². The first-order valence-electron chi connectivity index (χ1n) is 4.74. The highest BCUT2D eigenvalue weighted by Crippen LogP contribution is 2.46. The summed E-state index contributed by atoms with van der Waals surface area (Å²) in [7, 11) is 0. The monoisotopic (exact) mass is 274 g/mol. The van der Waals surface area contributed by atoms with Gasteiger partial charge in [-0.15, -0.1) is 5.10 Å². The van der Waals surface area contributed by atoms with E-state index in [1.807, 2.05) is 0 Å². The maximum Gasteiger partial charge on any atom is 0.243 e. The molecule has 0 aliphatic carbocycles. The molecule has 7 nitrogen and oxygen atoms in total. The Hall–Kier alpha value is -1.22. The third-order valence-electron chi connectivity index (χ3n) is 1.98. The zero-order valence-electron chi connectivity index (χ0n) is 9.14. The molecular formula is C8H10N4O3S2. The number of hydrazone groups is 1. The summed E-state index contributed by atoms with van der Waals surface area (Å²) in [5, 5.41) is 10.7. The summed E-state index contributed by atoms with van der Waals surface area (Å²) in [6.07, 6.45) is 0. The molecule has 2 N–H and O–H groups in total. The van der Waals surface area contributed by atoms with Crippen LogP contribution in [-0.4, -0.2) is 38.0 Å². The number of nitrogens with zero attached hydrogens (tertiary/aromatic N) is 2. The number of nitrogens with one attached hydrogen (secondary N) is 2. The van der Waals surface area contributed by atoms with Crippen molar-refractivity contribution in [3.05, 3.63) is 0 Å². The van der Waals surface area contributed by atoms with E-state index < -0.39 is 4.33 Å². The largest absolute Gasteiger partial charge is 0.313 e. The average Bonchev–Trinajstić information content (AvgIpc) is 2.71. The van der Waals surface area contributed by atoms with Gasteiger partial charge in [-0.2, -0.15) is 5.01 Å². The summed E-state index contributed by atoms with van der Waals surface area (Å²) >= 11 is 2.41. The van der Waals surface area contributed by atoms with E-state index in [1.54, 1.807) is 0 Å². The summed E-state index contributed by atoms with van der Waals surface area (Å²) in [6.45, 7) is 2.71. The fourth-order valence-corrected chi connectivity index (χ4v) is 3.94. The van der Waals surface area contributed by atoms with Gasteiger partial charge in [0.1, 0.15) is 0 Å². The molecule has 1 unspecified atom stereocenters. The Kier molecular flexibility index (Phi) is 3.04. The number of amidine groups is 1. The normalized spacial score (nSPS) is 27.1. The standard InChI is InChI=1S/C8H10N4O3S2/c1-4(13)9-7-11-12(5(2)14)8(17-7)10-6(15)3-16-8/h3H2,1-2H3,(H,10,15)(H,9,11,13). The predicted molar refractivity (Wildman–Crippen MR) is 64.7 cm³/mol. The van der Waals surface area contributed by atoms with Crippen LogP contribution in [0.1, 0.15) is 13.8 Å². The molecule has 17 heavy (non-hydrogen) atoms. The summed E-state index contributed by atoms with van der Waals surface area (Å²) in [5.74, 6) is -0.466. The van der Waals surface area contributed by atoms with Crippen molar-refractivity contribution in [1.82, 2.24) is 15.6 Å². The molecule has 9 heteroatoms. The van der Waals surface area contributed by atoms with Crippen LogP contribution in [0, 0.1) is 0 Å². The molecule has 92 valence electrons. The fraction of sp³-hybridized carbons (Fsp3) is 0.500. The molecule has 1 fully saturated rings. The number of hydrogen-bond acceptors (Lipinski definition) is 6. The third-order valence-corrected chi connectivity index (χ3v) is 4.59. The van der Waals surface area contributed by atoms with Crippen LogP contribution in [0.4, 0.5) is 0 Å². The maximum atomic E-state index is 11.5. The lowest BCUT2D eigenvalue weighted by molar-refractivity contribution is -0.131. The van der Waals surface area contributed by atoms with Crippen LogP contribution in [0.3, 0.4) is 0 Å². The number of hydrogen-bond donors (Lipinski definition) is 2. The second-order valence-corrected chi connectivity index (χ2v) is 6.05. The molecule has 0 saturated carbocycles. The second kappa shape index (κ2) is 4.22. The van der Waals surface area contributed by atoms with Crippen LogP contribution in [0.2, 0.25) is 0 Å².